The monoisotopic (exact) mass is 341 g/mol. The predicted octanol–water partition coefficient (Wildman–Crippen LogP) is 4.21. The molecule has 1 aliphatic rings. The molecule has 0 spiro atoms. The van der Waals surface area contributed by atoms with Gasteiger partial charge in [0.2, 0.25) is 6.79 Å². The second-order valence-corrected chi connectivity index (χ2v) is 5.31. The molecule has 1 aliphatic heterocycles. The third kappa shape index (κ3) is 2.88. The summed E-state index contributed by atoms with van der Waals surface area (Å²) in [6.45, 7) is 0.209. The Kier molecular flexibility index (Phi) is 3.96. The molecule has 0 bridgehead atoms. The quantitative estimate of drug-likeness (QED) is 0.615. The minimum atomic E-state index is -0.548. The Morgan fingerprint density at radius 2 is 2.05 bits per heavy atom. The first-order valence-electron chi connectivity index (χ1n) is 6.19. The second-order valence-electron chi connectivity index (χ2n) is 4.47. The Morgan fingerprint density at radius 1 is 1.23 bits per heavy atom. The van der Waals surface area contributed by atoms with Crippen LogP contribution in [0.2, 0.25) is 10.0 Å². The number of ether oxygens (including phenoxy) is 3. The minimum Gasteiger partial charge on any atom is -0.482 e. The summed E-state index contributed by atoms with van der Waals surface area (Å²) in [5.74, 6) is 1.14. The summed E-state index contributed by atoms with van der Waals surface area (Å²) in [6.07, 6.45) is 0. The van der Waals surface area contributed by atoms with Crippen LogP contribution in [0.1, 0.15) is 5.56 Å². The number of hydrogen-bond acceptors (Lipinski definition) is 5. The predicted molar refractivity (Wildman–Crippen MR) is 80.0 cm³/mol. The Labute approximate surface area is 135 Å². The molecule has 0 radical (unpaired) electrons. The van der Waals surface area contributed by atoms with Crippen molar-refractivity contribution in [1.82, 2.24) is 0 Å². The van der Waals surface area contributed by atoms with Crippen molar-refractivity contribution in [3.8, 4) is 17.2 Å². The Hall–Kier alpha value is -2.18. The molecule has 22 heavy (non-hydrogen) atoms. The van der Waals surface area contributed by atoms with Gasteiger partial charge in [-0.3, -0.25) is 10.1 Å². The highest BCUT2D eigenvalue weighted by molar-refractivity contribution is 6.32. The fourth-order valence-corrected chi connectivity index (χ4v) is 2.47. The molecule has 114 valence electrons. The highest BCUT2D eigenvalue weighted by Crippen LogP contribution is 2.40. The van der Waals surface area contributed by atoms with Crippen LogP contribution >= 0.6 is 23.2 Å². The topological polar surface area (TPSA) is 70.8 Å². The smallest absolute Gasteiger partial charge is 0.312 e. The molecule has 3 rings (SSSR count). The lowest BCUT2D eigenvalue weighted by Gasteiger charge is -2.08. The molecule has 0 N–H and O–H groups in total. The molecule has 0 aromatic heterocycles. The molecule has 6 nitrogen and oxygen atoms in total. The van der Waals surface area contributed by atoms with Crippen molar-refractivity contribution in [2.75, 3.05) is 6.79 Å². The van der Waals surface area contributed by atoms with Gasteiger partial charge in [-0.1, -0.05) is 23.2 Å². The minimum absolute atomic E-state index is 0.0961. The number of rotatable bonds is 4. The largest absolute Gasteiger partial charge is 0.482 e. The Morgan fingerprint density at radius 3 is 2.82 bits per heavy atom. The van der Waals surface area contributed by atoms with Crippen LogP contribution in [0.3, 0.4) is 0 Å². The van der Waals surface area contributed by atoms with Gasteiger partial charge >= 0.3 is 5.69 Å². The number of nitrogens with zero attached hydrogens (tertiary/aromatic N) is 1. The number of nitro benzene ring substituents is 1. The van der Waals surface area contributed by atoms with E-state index in [1.165, 1.54) is 18.2 Å². The lowest BCUT2D eigenvalue weighted by molar-refractivity contribution is -0.385. The number of halogens is 2. The summed E-state index contributed by atoms with van der Waals surface area (Å²) in [4.78, 5) is 10.5. The maximum absolute atomic E-state index is 11.0. The SMILES string of the molecule is O=[N+]([O-])c1cc(Cl)ccc1OCc1cc(Cl)c2c(c1)OCO2. The summed E-state index contributed by atoms with van der Waals surface area (Å²) >= 11 is 11.8. The second kappa shape index (κ2) is 5.90. The van der Waals surface area contributed by atoms with Gasteiger partial charge in [0.05, 0.1) is 9.95 Å². The van der Waals surface area contributed by atoms with Crippen molar-refractivity contribution in [3.63, 3.8) is 0 Å². The van der Waals surface area contributed by atoms with Crippen LogP contribution < -0.4 is 14.2 Å². The van der Waals surface area contributed by atoms with Crippen molar-refractivity contribution in [2.24, 2.45) is 0 Å². The van der Waals surface area contributed by atoms with Gasteiger partial charge in [0.15, 0.2) is 17.2 Å². The van der Waals surface area contributed by atoms with Crippen molar-refractivity contribution in [3.05, 3.63) is 56.1 Å². The first-order valence-corrected chi connectivity index (χ1v) is 6.95. The number of fused-ring (bicyclic) bond motifs is 1. The van der Waals surface area contributed by atoms with E-state index in [0.717, 1.165) is 0 Å². The Bertz CT molecular complexity index is 750. The Balaban J connectivity index is 1.81. The molecule has 0 aliphatic carbocycles. The molecular weight excluding hydrogens is 333 g/mol. The van der Waals surface area contributed by atoms with Gasteiger partial charge in [0.25, 0.3) is 0 Å². The van der Waals surface area contributed by atoms with Crippen LogP contribution in [0.25, 0.3) is 0 Å². The van der Waals surface area contributed by atoms with E-state index in [4.69, 9.17) is 37.4 Å². The van der Waals surface area contributed by atoms with E-state index in [2.05, 4.69) is 0 Å². The normalized spacial score (nSPS) is 12.3. The molecule has 2 aromatic rings. The highest BCUT2D eigenvalue weighted by atomic mass is 35.5. The maximum atomic E-state index is 11.0. The molecule has 0 unspecified atom stereocenters. The molecule has 1 heterocycles. The number of nitro groups is 1. The fraction of sp³-hybridized carbons (Fsp3) is 0.143. The molecule has 0 saturated carbocycles. The van der Waals surface area contributed by atoms with Gasteiger partial charge in [0.1, 0.15) is 6.61 Å². The van der Waals surface area contributed by atoms with Gasteiger partial charge in [-0.15, -0.1) is 0 Å². The zero-order valence-corrected chi connectivity index (χ0v) is 12.6. The van der Waals surface area contributed by atoms with Crippen LogP contribution in [0, 0.1) is 10.1 Å². The molecule has 8 heteroatoms. The third-order valence-corrected chi connectivity index (χ3v) is 3.51. The molecular formula is C14H9Cl2NO5. The summed E-state index contributed by atoms with van der Waals surface area (Å²) < 4.78 is 16.0. The first-order chi connectivity index (χ1) is 10.5. The lowest BCUT2D eigenvalue weighted by Crippen LogP contribution is -1.99. The van der Waals surface area contributed by atoms with Gasteiger partial charge in [-0.2, -0.15) is 0 Å². The number of benzene rings is 2. The molecule has 0 fully saturated rings. The highest BCUT2D eigenvalue weighted by Gasteiger charge is 2.20. The summed E-state index contributed by atoms with van der Waals surface area (Å²) in [6, 6.07) is 7.60. The van der Waals surface area contributed by atoms with Crippen molar-refractivity contribution >= 4 is 28.9 Å². The van der Waals surface area contributed by atoms with Crippen molar-refractivity contribution in [2.45, 2.75) is 6.61 Å². The molecule has 0 amide bonds. The van der Waals surface area contributed by atoms with Crippen LogP contribution in [0.5, 0.6) is 17.2 Å². The van der Waals surface area contributed by atoms with Gasteiger partial charge in [-0.05, 0) is 29.8 Å². The van der Waals surface area contributed by atoms with Crippen molar-refractivity contribution < 1.29 is 19.1 Å². The zero-order valence-electron chi connectivity index (χ0n) is 11.0. The van der Waals surface area contributed by atoms with Crippen molar-refractivity contribution in [1.29, 1.82) is 0 Å². The maximum Gasteiger partial charge on any atom is 0.312 e. The first kappa shape index (κ1) is 14.7. The molecule has 0 atom stereocenters. The van der Waals surface area contributed by atoms with Gasteiger partial charge in [-0.25, -0.2) is 0 Å². The van der Waals surface area contributed by atoms with Crippen LogP contribution in [-0.2, 0) is 6.61 Å². The van der Waals surface area contributed by atoms with Crippen LogP contribution in [0.15, 0.2) is 30.3 Å². The average Bonchev–Trinajstić information content (AvgIpc) is 2.94. The molecule has 2 aromatic carbocycles. The van der Waals surface area contributed by atoms with Crippen LogP contribution in [-0.4, -0.2) is 11.7 Å². The van der Waals surface area contributed by atoms with E-state index in [9.17, 15) is 10.1 Å². The number of hydrogen-bond donors (Lipinski definition) is 0. The van der Waals surface area contributed by atoms with E-state index < -0.39 is 4.92 Å². The van der Waals surface area contributed by atoms with Gasteiger partial charge < -0.3 is 14.2 Å². The fourth-order valence-electron chi connectivity index (χ4n) is 2.02. The van der Waals surface area contributed by atoms with E-state index in [0.29, 0.717) is 22.1 Å². The zero-order chi connectivity index (χ0) is 15.7. The van der Waals surface area contributed by atoms with E-state index in [-0.39, 0.29) is 29.9 Å². The average molecular weight is 342 g/mol. The van der Waals surface area contributed by atoms with Gasteiger partial charge in [0, 0.05) is 11.1 Å². The van der Waals surface area contributed by atoms with E-state index in [1.54, 1.807) is 12.1 Å². The molecule has 0 saturated heterocycles. The summed E-state index contributed by atoms with van der Waals surface area (Å²) in [7, 11) is 0. The summed E-state index contributed by atoms with van der Waals surface area (Å²) in [5, 5.41) is 11.7. The van der Waals surface area contributed by atoms with E-state index >= 15 is 0 Å². The summed E-state index contributed by atoms with van der Waals surface area (Å²) in [5.41, 5.74) is 0.512. The lowest BCUT2D eigenvalue weighted by atomic mass is 10.2. The van der Waals surface area contributed by atoms with E-state index in [1.807, 2.05) is 0 Å². The third-order valence-electron chi connectivity index (χ3n) is 3.00. The standard InChI is InChI=1S/C14H9Cl2NO5/c15-9-1-2-12(11(5-9)17(18)19)20-6-8-3-10(16)14-13(4-8)21-7-22-14/h1-5H,6-7H2. The van der Waals surface area contributed by atoms with Crippen LogP contribution in [0.4, 0.5) is 5.69 Å².